The van der Waals surface area contributed by atoms with Crippen molar-refractivity contribution in [2.75, 3.05) is 29.6 Å². The van der Waals surface area contributed by atoms with E-state index in [1.807, 2.05) is 30.5 Å². The highest BCUT2D eigenvalue weighted by atomic mass is 32.2. The van der Waals surface area contributed by atoms with Crippen LogP contribution in [0.25, 0.3) is 0 Å². The Morgan fingerprint density at radius 1 is 1.50 bits per heavy atom. The molecule has 1 atom stereocenters. The van der Waals surface area contributed by atoms with Crippen LogP contribution in [0.4, 0.5) is 5.69 Å². The minimum atomic E-state index is -3.01. The van der Waals surface area contributed by atoms with Crippen LogP contribution < -0.4 is 10.6 Å². The standard InChI is InChI=1S/C13H18N2O3S2/c1-19-12-4-2-3-10(7-12)15-13(16)8-11-9-20(17,18)6-5-14-11/h2-4,7,11,14H,5-6,8-9H2,1H3,(H,15,16). The average Bonchev–Trinajstić information content (AvgIpc) is 2.37. The Morgan fingerprint density at radius 2 is 2.30 bits per heavy atom. The number of carbonyl (C=O) groups is 1. The summed E-state index contributed by atoms with van der Waals surface area (Å²) < 4.78 is 23.0. The third-order valence-electron chi connectivity index (χ3n) is 3.09. The van der Waals surface area contributed by atoms with E-state index in [9.17, 15) is 13.2 Å². The second-order valence-corrected chi connectivity index (χ2v) is 7.86. The number of nitrogens with one attached hydrogen (secondary N) is 2. The second-order valence-electron chi connectivity index (χ2n) is 4.75. The monoisotopic (exact) mass is 314 g/mol. The molecule has 0 radical (unpaired) electrons. The first-order valence-corrected chi connectivity index (χ1v) is 9.41. The first-order chi connectivity index (χ1) is 9.48. The maximum absolute atomic E-state index is 11.9. The van der Waals surface area contributed by atoms with Crippen LogP contribution in [0, 0.1) is 0 Å². The lowest BCUT2D eigenvalue weighted by Gasteiger charge is -2.23. The molecule has 1 aromatic rings. The molecule has 20 heavy (non-hydrogen) atoms. The predicted octanol–water partition coefficient (Wildman–Crippen LogP) is 1.12. The van der Waals surface area contributed by atoms with Crippen LogP contribution in [0.2, 0.25) is 0 Å². The van der Waals surface area contributed by atoms with E-state index in [4.69, 9.17) is 0 Å². The number of benzene rings is 1. The molecule has 2 rings (SSSR count). The zero-order valence-electron chi connectivity index (χ0n) is 11.3. The van der Waals surface area contributed by atoms with E-state index < -0.39 is 9.84 Å². The number of rotatable bonds is 4. The largest absolute Gasteiger partial charge is 0.326 e. The van der Waals surface area contributed by atoms with Crippen LogP contribution in [0.15, 0.2) is 29.2 Å². The van der Waals surface area contributed by atoms with Crippen molar-refractivity contribution in [3.05, 3.63) is 24.3 Å². The summed E-state index contributed by atoms with van der Waals surface area (Å²) in [4.78, 5) is 13.0. The maximum Gasteiger partial charge on any atom is 0.225 e. The Labute approximate surface area is 123 Å². The van der Waals surface area contributed by atoms with Gasteiger partial charge in [0.15, 0.2) is 9.84 Å². The molecule has 0 aliphatic carbocycles. The Bertz CT molecular complexity index is 587. The smallest absolute Gasteiger partial charge is 0.225 e. The highest BCUT2D eigenvalue weighted by Crippen LogP contribution is 2.19. The number of hydrogen-bond acceptors (Lipinski definition) is 5. The molecule has 0 bridgehead atoms. The Balaban J connectivity index is 1.92. The van der Waals surface area contributed by atoms with Gasteiger partial charge in [0.2, 0.25) is 5.91 Å². The molecule has 7 heteroatoms. The van der Waals surface area contributed by atoms with Gasteiger partial charge in [0.1, 0.15) is 0 Å². The molecular formula is C13H18N2O3S2. The molecule has 1 aliphatic heterocycles. The lowest BCUT2D eigenvalue weighted by molar-refractivity contribution is -0.116. The maximum atomic E-state index is 11.9. The summed E-state index contributed by atoms with van der Waals surface area (Å²) in [7, 11) is -3.01. The topological polar surface area (TPSA) is 75.3 Å². The lowest BCUT2D eigenvalue weighted by Crippen LogP contribution is -2.46. The van der Waals surface area contributed by atoms with Crippen molar-refractivity contribution >= 4 is 33.2 Å². The number of thioether (sulfide) groups is 1. The molecular weight excluding hydrogens is 296 g/mol. The highest BCUT2D eigenvalue weighted by molar-refractivity contribution is 7.98. The van der Waals surface area contributed by atoms with E-state index in [0.717, 1.165) is 10.6 Å². The molecule has 1 fully saturated rings. The summed E-state index contributed by atoms with van der Waals surface area (Å²) in [6.45, 7) is 0.419. The molecule has 0 spiro atoms. The van der Waals surface area contributed by atoms with E-state index in [1.54, 1.807) is 11.8 Å². The summed E-state index contributed by atoms with van der Waals surface area (Å²) in [6.07, 6.45) is 2.14. The normalized spacial score (nSPS) is 21.4. The first-order valence-electron chi connectivity index (χ1n) is 6.36. The Kier molecular flexibility index (Phi) is 5.06. The van der Waals surface area contributed by atoms with Gasteiger partial charge in [0.25, 0.3) is 0 Å². The third-order valence-corrected chi connectivity index (χ3v) is 5.55. The van der Waals surface area contributed by atoms with Crippen LogP contribution in [0.1, 0.15) is 6.42 Å². The third kappa shape index (κ3) is 4.50. The van der Waals surface area contributed by atoms with Gasteiger partial charge >= 0.3 is 0 Å². The van der Waals surface area contributed by atoms with Gasteiger partial charge in [-0.25, -0.2) is 8.42 Å². The number of carbonyl (C=O) groups excluding carboxylic acids is 1. The molecule has 0 aromatic heterocycles. The van der Waals surface area contributed by atoms with E-state index in [1.165, 1.54) is 0 Å². The van der Waals surface area contributed by atoms with Gasteiger partial charge in [0.05, 0.1) is 11.5 Å². The van der Waals surface area contributed by atoms with Crippen molar-refractivity contribution in [3.63, 3.8) is 0 Å². The van der Waals surface area contributed by atoms with Crippen molar-refractivity contribution in [2.24, 2.45) is 0 Å². The summed E-state index contributed by atoms with van der Waals surface area (Å²) in [5, 5.41) is 5.87. The highest BCUT2D eigenvalue weighted by Gasteiger charge is 2.25. The zero-order valence-corrected chi connectivity index (χ0v) is 12.9. The summed E-state index contributed by atoms with van der Waals surface area (Å²) in [5.74, 6) is 0.0180. The first kappa shape index (κ1) is 15.3. The van der Waals surface area contributed by atoms with Crippen molar-refractivity contribution in [3.8, 4) is 0 Å². The van der Waals surface area contributed by atoms with E-state index >= 15 is 0 Å². The van der Waals surface area contributed by atoms with Crippen molar-refractivity contribution in [1.82, 2.24) is 5.32 Å². The minimum Gasteiger partial charge on any atom is -0.326 e. The Morgan fingerprint density at radius 3 is 3.00 bits per heavy atom. The molecule has 1 unspecified atom stereocenters. The Hall–Kier alpha value is -1.05. The summed E-state index contributed by atoms with van der Waals surface area (Å²) >= 11 is 1.60. The van der Waals surface area contributed by atoms with E-state index in [0.29, 0.717) is 6.54 Å². The second kappa shape index (κ2) is 6.60. The molecule has 5 nitrogen and oxygen atoms in total. The fourth-order valence-corrected chi connectivity index (χ4v) is 4.04. The minimum absolute atomic E-state index is 0.0330. The number of sulfone groups is 1. The molecule has 110 valence electrons. The molecule has 1 aliphatic rings. The molecule has 2 N–H and O–H groups in total. The molecule has 1 aromatic carbocycles. The molecule has 1 saturated heterocycles. The van der Waals surface area contributed by atoms with Crippen LogP contribution >= 0.6 is 11.8 Å². The SMILES string of the molecule is CSc1cccc(NC(=O)CC2CS(=O)(=O)CCN2)c1. The van der Waals surface area contributed by atoms with Crippen molar-refractivity contribution in [2.45, 2.75) is 17.4 Å². The average molecular weight is 314 g/mol. The molecule has 1 heterocycles. The van der Waals surface area contributed by atoms with Gasteiger partial charge in [-0.2, -0.15) is 0 Å². The van der Waals surface area contributed by atoms with Gasteiger partial charge in [-0.15, -0.1) is 11.8 Å². The van der Waals surface area contributed by atoms with E-state index in [2.05, 4.69) is 10.6 Å². The quantitative estimate of drug-likeness (QED) is 0.815. The summed E-state index contributed by atoms with van der Waals surface area (Å²) in [6, 6.07) is 7.27. The van der Waals surface area contributed by atoms with Crippen molar-refractivity contribution in [1.29, 1.82) is 0 Å². The fourth-order valence-electron chi connectivity index (χ4n) is 2.14. The fraction of sp³-hybridized carbons (Fsp3) is 0.462. The van der Waals surface area contributed by atoms with Gasteiger partial charge < -0.3 is 10.6 Å². The molecule has 0 saturated carbocycles. The van der Waals surface area contributed by atoms with Crippen LogP contribution in [0.3, 0.4) is 0 Å². The van der Waals surface area contributed by atoms with E-state index in [-0.39, 0.29) is 29.9 Å². The van der Waals surface area contributed by atoms with Crippen LogP contribution in [-0.4, -0.2) is 44.7 Å². The summed E-state index contributed by atoms with van der Waals surface area (Å²) in [5.41, 5.74) is 0.737. The predicted molar refractivity (Wildman–Crippen MR) is 81.9 cm³/mol. The zero-order chi connectivity index (χ0) is 14.6. The van der Waals surface area contributed by atoms with Gasteiger partial charge in [-0.05, 0) is 24.5 Å². The van der Waals surface area contributed by atoms with Crippen LogP contribution in [-0.2, 0) is 14.6 Å². The van der Waals surface area contributed by atoms with Gasteiger partial charge in [0, 0.05) is 29.6 Å². The van der Waals surface area contributed by atoms with Gasteiger partial charge in [-0.1, -0.05) is 6.07 Å². The van der Waals surface area contributed by atoms with Gasteiger partial charge in [-0.3, -0.25) is 4.79 Å². The molecule has 1 amide bonds. The number of hydrogen-bond donors (Lipinski definition) is 2. The van der Waals surface area contributed by atoms with Crippen LogP contribution in [0.5, 0.6) is 0 Å². The lowest BCUT2D eigenvalue weighted by atomic mass is 10.2. The van der Waals surface area contributed by atoms with Crippen molar-refractivity contribution < 1.29 is 13.2 Å². The number of anilines is 1. The number of amides is 1.